The lowest BCUT2D eigenvalue weighted by Gasteiger charge is -2.48. The fraction of sp³-hybridized carbons (Fsp3) is 0.560. The van der Waals surface area contributed by atoms with Crippen molar-refractivity contribution in [3.63, 3.8) is 0 Å². The molecule has 3 heterocycles. The molecule has 2 aliphatic carbocycles. The summed E-state index contributed by atoms with van der Waals surface area (Å²) in [6, 6.07) is 5.04. The van der Waals surface area contributed by atoms with Crippen molar-refractivity contribution >= 4 is 11.6 Å². The molecule has 2 aromatic rings. The van der Waals surface area contributed by atoms with E-state index >= 15 is 0 Å². The first kappa shape index (κ1) is 21.8. The van der Waals surface area contributed by atoms with Crippen LogP contribution < -0.4 is 0 Å². The van der Waals surface area contributed by atoms with Crippen molar-refractivity contribution in [1.82, 2.24) is 4.98 Å². The molecule has 1 saturated heterocycles. The third-order valence-corrected chi connectivity index (χ3v) is 8.41. The zero-order valence-corrected chi connectivity index (χ0v) is 18.8. The molecule has 4 nitrogen and oxygen atoms in total. The predicted octanol–water partition coefficient (Wildman–Crippen LogP) is 6.03. The van der Waals surface area contributed by atoms with Crippen LogP contribution in [-0.2, 0) is 27.7 Å². The van der Waals surface area contributed by atoms with E-state index in [9.17, 15) is 18.3 Å². The van der Waals surface area contributed by atoms with E-state index in [1.54, 1.807) is 0 Å². The minimum atomic E-state index is -4.41. The van der Waals surface area contributed by atoms with Crippen LogP contribution >= 0.6 is 11.6 Å². The Balaban J connectivity index is 1.50. The minimum absolute atomic E-state index is 0.103. The second-order valence-electron chi connectivity index (χ2n) is 10.0. The number of alkyl halides is 3. The smallest absolute Gasteiger partial charge is 0.388 e. The van der Waals surface area contributed by atoms with E-state index < -0.39 is 29.5 Å². The predicted molar refractivity (Wildman–Crippen MR) is 115 cm³/mol. The maximum absolute atomic E-state index is 13.1. The summed E-state index contributed by atoms with van der Waals surface area (Å²) >= 11 is 6.78. The van der Waals surface area contributed by atoms with Crippen LogP contribution in [-0.4, -0.2) is 23.3 Å². The SMILES string of the molecule is OC1CC2(CCC2)Cc2nc(Cl)c3c(c21)C1(CCOCC1)O[C@H]3c1ccc(C(F)(F)F)cc1. The van der Waals surface area contributed by atoms with Crippen LogP contribution in [0, 0.1) is 5.41 Å². The fourth-order valence-corrected chi connectivity index (χ4v) is 6.64. The molecule has 0 bridgehead atoms. The molecule has 1 N–H and O–H groups in total. The quantitative estimate of drug-likeness (QED) is 0.507. The summed E-state index contributed by atoms with van der Waals surface area (Å²) in [5.74, 6) is 0. The Morgan fingerprint density at radius 3 is 2.33 bits per heavy atom. The molecule has 0 radical (unpaired) electrons. The van der Waals surface area contributed by atoms with Crippen molar-refractivity contribution in [3.05, 3.63) is 62.9 Å². The van der Waals surface area contributed by atoms with Gasteiger partial charge >= 0.3 is 6.18 Å². The Morgan fingerprint density at radius 1 is 1.03 bits per heavy atom. The first-order valence-electron chi connectivity index (χ1n) is 11.5. The molecule has 176 valence electrons. The van der Waals surface area contributed by atoms with Crippen molar-refractivity contribution in [1.29, 1.82) is 0 Å². The number of pyridine rings is 1. The number of fused-ring (bicyclic) bond motifs is 4. The van der Waals surface area contributed by atoms with Crippen molar-refractivity contribution in [3.8, 4) is 0 Å². The zero-order valence-electron chi connectivity index (χ0n) is 18.1. The van der Waals surface area contributed by atoms with Gasteiger partial charge in [-0.3, -0.25) is 0 Å². The number of nitrogens with zero attached hydrogens (tertiary/aromatic N) is 1. The van der Waals surface area contributed by atoms with Gasteiger partial charge in [0.2, 0.25) is 0 Å². The minimum Gasteiger partial charge on any atom is -0.388 e. The summed E-state index contributed by atoms with van der Waals surface area (Å²) < 4.78 is 51.6. The standard InChI is InChI=1S/C25H25ClF3NO3/c26-22-19-20(18-16(30-22)12-23(6-1-7-23)13-17(18)31)24(8-10-32-11-9-24)33-21(19)14-2-4-15(5-3-14)25(27,28)29/h2-5,17,21,31H,1,6-13H2/t17?,21-/m0/s1. The maximum Gasteiger partial charge on any atom is 0.416 e. The van der Waals surface area contributed by atoms with Gasteiger partial charge in [-0.2, -0.15) is 13.2 Å². The highest BCUT2D eigenvalue weighted by Gasteiger charge is 2.53. The van der Waals surface area contributed by atoms with Gasteiger partial charge < -0.3 is 14.6 Å². The number of halogens is 4. The number of rotatable bonds is 1. The summed E-state index contributed by atoms with van der Waals surface area (Å²) in [5, 5.41) is 11.6. The van der Waals surface area contributed by atoms with Crippen LogP contribution in [0.15, 0.2) is 24.3 Å². The Bertz CT molecular complexity index is 1090. The number of aromatic nitrogens is 1. The van der Waals surface area contributed by atoms with Crippen molar-refractivity contribution in [2.24, 2.45) is 5.41 Å². The molecule has 0 amide bonds. The average molecular weight is 480 g/mol. The highest BCUT2D eigenvalue weighted by molar-refractivity contribution is 6.30. The van der Waals surface area contributed by atoms with Gasteiger partial charge in [-0.05, 0) is 48.8 Å². The van der Waals surface area contributed by atoms with E-state index in [0.29, 0.717) is 48.8 Å². The van der Waals surface area contributed by atoms with Crippen LogP contribution in [0.2, 0.25) is 5.15 Å². The molecule has 4 aliphatic rings. The zero-order chi connectivity index (χ0) is 23.0. The van der Waals surface area contributed by atoms with E-state index in [1.165, 1.54) is 18.6 Å². The summed E-state index contributed by atoms with van der Waals surface area (Å²) in [6.07, 6.45) is 0.337. The van der Waals surface area contributed by atoms with Gasteiger partial charge in [0.15, 0.2) is 0 Å². The molecular weight excluding hydrogens is 455 g/mol. The van der Waals surface area contributed by atoms with Crippen molar-refractivity contribution in [2.45, 2.75) is 68.9 Å². The van der Waals surface area contributed by atoms with Gasteiger partial charge in [0.05, 0.1) is 17.3 Å². The van der Waals surface area contributed by atoms with Gasteiger partial charge in [-0.15, -0.1) is 0 Å². The highest BCUT2D eigenvalue weighted by atomic mass is 35.5. The van der Waals surface area contributed by atoms with E-state index in [4.69, 9.17) is 26.1 Å². The van der Waals surface area contributed by atoms with Crippen LogP contribution in [0.3, 0.4) is 0 Å². The van der Waals surface area contributed by atoms with Gasteiger partial charge in [-0.1, -0.05) is 30.2 Å². The number of hydrogen-bond donors (Lipinski definition) is 1. The molecule has 2 spiro atoms. The van der Waals surface area contributed by atoms with Crippen LogP contribution in [0.25, 0.3) is 0 Å². The largest absolute Gasteiger partial charge is 0.416 e. The lowest BCUT2D eigenvalue weighted by atomic mass is 9.59. The topological polar surface area (TPSA) is 51.6 Å². The molecule has 1 aromatic heterocycles. The molecule has 1 saturated carbocycles. The van der Waals surface area contributed by atoms with Crippen molar-refractivity contribution in [2.75, 3.05) is 13.2 Å². The normalized spacial score (nSPS) is 27.3. The Hall–Kier alpha value is -1.67. The third-order valence-electron chi connectivity index (χ3n) is 8.12. The van der Waals surface area contributed by atoms with Crippen LogP contribution in [0.1, 0.15) is 84.2 Å². The lowest BCUT2D eigenvalue weighted by Crippen LogP contribution is -2.40. The molecule has 8 heteroatoms. The van der Waals surface area contributed by atoms with E-state index in [1.807, 2.05) is 0 Å². The summed E-state index contributed by atoms with van der Waals surface area (Å²) in [6.45, 7) is 1.02. The lowest BCUT2D eigenvalue weighted by molar-refractivity contribution is -0.137. The van der Waals surface area contributed by atoms with Crippen LogP contribution in [0.4, 0.5) is 13.2 Å². The summed E-state index contributed by atoms with van der Waals surface area (Å²) in [4.78, 5) is 4.74. The number of benzene rings is 1. The molecule has 2 fully saturated rings. The second kappa shape index (κ2) is 7.41. The summed E-state index contributed by atoms with van der Waals surface area (Å²) in [7, 11) is 0. The third kappa shape index (κ3) is 3.34. The number of ether oxygens (including phenoxy) is 2. The molecular formula is C25H25ClF3NO3. The molecule has 2 aliphatic heterocycles. The van der Waals surface area contributed by atoms with E-state index in [0.717, 1.165) is 48.2 Å². The first-order chi connectivity index (χ1) is 15.7. The number of hydrogen-bond acceptors (Lipinski definition) is 4. The Morgan fingerprint density at radius 2 is 1.73 bits per heavy atom. The Labute approximate surface area is 195 Å². The highest BCUT2D eigenvalue weighted by Crippen LogP contribution is 2.60. The second-order valence-corrected chi connectivity index (χ2v) is 10.4. The number of aliphatic hydroxyl groups is 1. The number of aliphatic hydroxyl groups excluding tert-OH is 1. The Kier molecular flexibility index (Phi) is 4.90. The van der Waals surface area contributed by atoms with E-state index in [-0.39, 0.29) is 5.41 Å². The van der Waals surface area contributed by atoms with E-state index in [2.05, 4.69) is 0 Å². The first-order valence-corrected chi connectivity index (χ1v) is 11.9. The molecule has 6 rings (SSSR count). The molecule has 33 heavy (non-hydrogen) atoms. The molecule has 1 unspecified atom stereocenters. The van der Waals surface area contributed by atoms with Crippen LogP contribution in [0.5, 0.6) is 0 Å². The molecule has 1 aromatic carbocycles. The van der Waals surface area contributed by atoms with Crippen molar-refractivity contribution < 1.29 is 27.8 Å². The fourth-order valence-electron chi connectivity index (χ4n) is 6.35. The van der Waals surface area contributed by atoms with Gasteiger partial charge in [0.1, 0.15) is 11.3 Å². The monoisotopic (exact) mass is 479 g/mol. The van der Waals surface area contributed by atoms with Gasteiger partial charge in [-0.25, -0.2) is 4.98 Å². The maximum atomic E-state index is 13.1. The van der Waals surface area contributed by atoms with Gasteiger partial charge in [0, 0.05) is 48.4 Å². The average Bonchev–Trinajstić information content (AvgIpc) is 3.07. The summed E-state index contributed by atoms with van der Waals surface area (Å²) in [5.41, 5.74) is 2.55. The van der Waals surface area contributed by atoms with Gasteiger partial charge in [0.25, 0.3) is 0 Å². The molecule has 2 atom stereocenters.